The number of rotatable bonds is 9. The lowest BCUT2D eigenvalue weighted by Gasteiger charge is -2.18. The first-order valence-electron chi connectivity index (χ1n) is 10.2. The minimum atomic E-state index is -3.62. The van der Waals surface area contributed by atoms with Crippen LogP contribution in [-0.4, -0.2) is 50.7 Å². The molecule has 1 N–H and O–H groups in total. The minimum absolute atomic E-state index is 0.165. The first kappa shape index (κ1) is 24.1. The number of aryl methyl sites for hydroxylation is 1. The van der Waals surface area contributed by atoms with Crippen molar-refractivity contribution in [2.24, 2.45) is 0 Å². The lowest BCUT2D eigenvalue weighted by Crippen LogP contribution is -2.26. The van der Waals surface area contributed by atoms with Gasteiger partial charge in [0.25, 0.3) is 5.91 Å². The van der Waals surface area contributed by atoms with Crippen molar-refractivity contribution in [2.45, 2.75) is 45.7 Å². The molecule has 0 aromatic heterocycles. The Morgan fingerprint density at radius 2 is 1.53 bits per heavy atom. The highest BCUT2D eigenvalue weighted by Crippen LogP contribution is 2.23. The van der Waals surface area contributed by atoms with Gasteiger partial charge in [-0.3, -0.25) is 9.69 Å². The summed E-state index contributed by atoms with van der Waals surface area (Å²) in [7, 11) is -0.649. The van der Waals surface area contributed by atoms with E-state index in [1.807, 2.05) is 19.1 Å². The molecule has 0 aliphatic carbocycles. The van der Waals surface area contributed by atoms with Crippen LogP contribution in [0.3, 0.4) is 0 Å². The van der Waals surface area contributed by atoms with E-state index in [9.17, 15) is 13.2 Å². The molecule has 0 aliphatic heterocycles. The van der Waals surface area contributed by atoms with Gasteiger partial charge >= 0.3 is 0 Å². The molecule has 0 spiro atoms. The summed E-state index contributed by atoms with van der Waals surface area (Å²) in [5.41, 5.74) is 4.00. The first-order valence-corrected chi connectivity index (χ1v) is 11.7. The van der Waals surface area contributed by atoms with Crippen LogP contribution in [0.4, 0.5) is 0 Å². The molecule has 0 aliphatic rings. The van der Waals surface area contributed by atoms with Crippen molar-refractivity contribution in [3.05, 3.63) is 64.2 Å². The molecule has 0 heterocycles. The molecule has 2 aromatic rings. The van der Waals surface area contributed by atoms with E-state index < -0.39 is 10.0 Å². The second-order valence-electron chi connectivity index (χ2n) is 7.66. The second kappa shape index (κ2) is 10.2. The summed E-state index contributed by atoms with van der Waals surface area (Å²) in [6, 6.07) is 11.4. The maximum atomic E-state index is 12.7. The molecule has 164 valence electrons. The summed E-state index contributed by atoms with van der Waals surface area (Å²) >= 11 is 0. The van der Waals surface area contributed by atoms with Gasteiger partial charge in [-0.15, -0.1) is 0 Å². The number of nitrogens with zero attached hydrogens (tertiary/aromatic N) is 2. The van der Waals surface area contributed by atoms with E-state index >= 15 is 0 Å². The molecular weight excluding hydrogens is 398 g/mol. The lowest BCUT2D eigenvalue weighted by atomic mass is 10.1. The Kier molecular flexibility index (Phi) is 8.18. The van der Waals surface area contributed by atoms with Crippen LogP contribution in [0.2, 0.25) is 0 Å². The predicted molar refractivity (Wildman–Crippen MR) is 121 cm³/mol. The maximum absolute atomic E-state index is 12.7. The van der Waals surface area contributed by atoms with Crippen molar-refractivity contribution in [1.29, 1.82) is 0 Å². The van der Waals surface area contributed by atoms with Gasteiger partial charge in [-0.1, -0.05) is 38.1 Å². The molecular formula is C23H33N3O3S. The molecule has 6 nitrogen and oxygen atoms in total. The fourth-order valence-electron chi connectivity index (χ4n) is 3.18. The van der Waals surface area contributed by atoms with E-state index in [-0.39, 0.29) is 10.8 Å². The second-order valence-corrected chi connectivity index (χ2v) is 9.78. The molecule has 0 saturated heterocycles. The Morgan fingerprint density at radius 3 is 2.07 bits per heavy atom. The summed E-state index contributed by atoms with van der Waals surface area (Å²) < 4.78 is 26.4. The van der Waals surface area contributed by atoms with Crippen LogP contribution < -0.4 is 5.32 Å². The number of hydrogen-bond donors (Lipinski definition) is 1. The molecule has 2 rings (SSSR count). The van der Waals surface area contributed by atoms with Crippen LogP contribution in [0, 0.1) is 13.8 Å². The normalized spacial score (nSPS) is 11.9. The molecule has 30 heavy (non-hydrogen) atoms. The van der Waals surface area contributed by atoms with Gasteiger partial charge in [0, 0.05) is 32.7 Å². The quantitative estimate of drug-likeness (QED) is 0.661. The van der Waals surface area contributed by atoms with Gasteiger partial charge < -0.3 is 5.32 Å². The summed E-state index contributed by atoms with van der Waals surface area (Å²) in [6.45, 7) is 11.2. The van der Waals surface area contributed by atoms with Gasteiger partial charge in [-0.05, 0) is 61.3 Å². The third-order valence-corrected chi connectivity index (χ3v) is 7.36. The zero-order valence-electron chi connectivity index (χ0n) is 18.8. The van der Waals surface area contributed by atoms with E-state index in [1.54, 1.807) is 13.0 Å². The summed E-state index contributed by atoms with van der Waals surface area (Å²) in [6.07, 6.45) is 0. The van der Waals surface area contributed by atoms with Crippen molar-refractivity contribution in [2.75, 3.05) is 27.2 Å². The molecule has 0 atom stereocenters. The van der Waals surface area contributed by atoms with Crippen LogP contribution in [0.15, 0.2) is 41.3 Å². The average Bonchev–Trinajstić information content (AvgIpc) is 2.72. The van der Waals surface area contributed by atoms with E-state index in [4.69, 9.17) is 0 Å². The van der Waals surface area contributed by atoms with Crippen molar-refractivity contribution in [3.8, 4) is 0 Å². The molecule has 0 radical (unpaired) electrons. The van der Waals surface area contributed by atoms with Gasteiger partial charge in [-0.2, -0.15) is 0 Å². The van der Waals surface area contributed by atoms with Crippen molar-refractivity contribution < 1.29 is 13.2 Å². The SMILES string of the molecule is CCN(CC)Cc1ccc(CNC(=O)c2cc(C)c(C)c(S(=O)(=O)N(C)C)c2)cc1. The standard InChI is InChI=1S/C23H33N3O3S/c1-7-26(8-2)16-20-11-9-19(10-12-20)15-24-23(27)21-13-17(3)18(4)22(14-21)30(28,29)25(5)6/h9-14H,7-8,15-16H2,1-6H3,(H,24,27). The summed E-state index contributed by atoms with van der Waals surface area (Å²) in [4.78, 5) is 15.2. The van der Waals surface area contributed by atoms with Crippen LogP contribution in [-0.2, 0) is 23.1 Å². The Morgan fingerprint density at radius 1 is 0.967 bits per heavy atom. The zero-order chi connectivity index (χ0) is 22.5. The lowest BCUT2D eigenvalue weighted by molar-refractivity contribution is 0.0950. The van der Waals surface area contributed by atoms with Gasteiger partial charge in [0.05, 0.1) is 4.90 Å². The number of carbonyl (C=O) groups excluding carboxylic acids is 1. The Balaban J connectivity index is 2.13. The Labute approximate surface area is 180 Å². The van der Waals surface area contributed by atoms with Crippen LogP contribution in [0.25, 0.3) is 0 Å². The van der Waals surface area contributed by atoms with Crippen molar-refractivity contribution in [3.63, 3.8) is 0 Å². The number of sulfonamides is 1. The average molecular weight is 432 g/mol. The highest BCUT2D eigenvalue weighted by atomic mass is 32.2. The molecule has 0 fully saturated rings. The van der Waals surface area contributed by atoms with Gasteiger partial charge in [0.1, 0.15) is 0 Å². The molecule has 0 bridgehead atoms. The van der Waals surface area contributed by atoms with Crippen LogP contribution in [0.1, 0.15) is 46.5 Å². The highest BCUT2D eigenvalue weighted by molar-refractivity contribution is 7.89. The minimum Gasteiger partial charge on any atom is -0.348 e. The number of amides is 1. The van der Waals surface area contributed by atoms with Gasteiger partial charge in [-0.25, -0.2) is 12.7 Å². The molecule has 1 amide bonds. The van der Waals surface area contributed by atoms with Gasteiger partial charge in [0.15, 0.2) is 0 Å². The van der Waals surface area contributed by atoms with E-state index in [2.05, 4.69) is 36.2 Å². The topological polar surface area (TPSA) is 69.7 Å². The maximum Gasteiger partial charge on any atom is 0.251 e. The Hall–Kier alpha value is -2.22. The van der Waals surface area contributed by atoms with Crippen molar-refractivity contribution >= 4 is 15.9 Å². The van der Waals surface area contributed by atoms with Gasteiger partial charge in [0.2, 0.25) is 10.0 Å². The first-order chi connectivity index (χ1) is 14.1. The fourth-order valence-corrected chi connectivity index (χ4v) is 4.39. The smallest absolute Gasteiger partial charge is 0.251 e. The molecule has 7 heteroatoms. The number of nitrogens with one attached hydrogen (secondary N) is 1. The number of hydrogen-bond acceptors (Lipinski definition) is 4. The Bertz CT molecular complexity index is 979. The zero-order valence-corrected chi connectivity index (χ0v) is 19.6. The van der Waals surface area contributed by atoms with E-state index in [1.165, 1.54) is 25.7 Å². The monoisotopic (exact) mass is 431 g/mol. The predicted octanol–water partition coefficient (Wildman–Crippen LogP) is 3.33. The summed E-state index contributed by atoms with van der Waals surface area (Å²) in [5.74, 6) is -0.291. The number of benzene rings is 2. The van der Waals surface area contributed by atoms with Crippen LogP contribution >= 0.6 is 0 Å². The van der Waals surface area contributed by atoms with Crippen molar-refractivity contribution in [1.82, 2.24) is 14.5 Å². The van der Waals surface area contributed by atoms with E-state index in [0.29, 0.717) is 17.7 Å². The van der Waals surface area contributed by atoms with E-state index in [0.717, 1.165) is 35.1 Å². The molecule has 0 saturated carbocycles. The summed E-state index contributed by atoms with van der Waals surface area (Å²) in [5, 5.41) is 2.89. The molecule has 2 aromatic carbocycles. The fraction of sp³-hybridized carbons (Fsp3) is 0.435. The number of carbonyl (C=O) groups is 1. The highest BCUT2D eigenvalue weighted by Gasteiger charge is 2.22. The third-order valence-electron chi connectivity index (χ3n) is 5.42. The largest absolute Gasteiger partial charge is 0.348 e. The third kappa shape index (κ3) is 5.68. The molecule has 0 unspecified atom stereocenters. The van der Waals surface area contributed by atoms with Crippen LogP contribution in [0.5, 0.6) is 0 Å².